The first-order valence-corrected chi connectivity index (χ1v) is 10.1. The molecule has 0 aliphatic carbocycles. The quantitative estimate of drug-likeness (QED) is 0.801. The number of benzene rings is 2. The smallest absolute Gasteiger partial charge is 0.227 e. The van der Waals surface area contributed by atoms with Crippen LogP contribution in [0, 0.1) is 5.92 Å². The highest BCUT2D eigenvalue weighted by molar-refractivity contribution is 9.10. The number of fused-ring (bicyclic) bond motifs is 1. The Morgan fingerprint density at radius 3 is 2.63 bits per heavy atom. The minimum absolute atomic E-state index is 0.00443. The first-order valence-electron chi connectivity index (χ1n) is 9.26. The van der Waals surface area contributed by atoms with E-state index < -0.39 is 0 Å². The number of likely N-dealkylation sites (tertiary alicyclic amines) is 1. The minimum atomic E-state index is -0.390. The fourth-order valence-corrected chi connectivity index (χ4v) is 4.34. The van der Waals surface area contributed by atoms with Gasteiger partial charge >= 0.3 is 0 Å². The SMILES string of the molecule is NC(=O)C1CCN(Cc2cc(Br)cc3c2O[C@H](c2ccccc2)OC3)CC1. The number of hydrogen-bond donors (Lipinski definition) is 1. The van der Waals surface area contributed by atoms with E-state index in [9.17, 15) is 4.79 Å². The van der Waals surface area contributed by atoms with Crippen molar-refractivity contribution in [3.8, 4) is 5.75 Å². The van der Waals surface area contributed by atoms with Gasteiger partial charge in [0.1, 0.15) is 5.75 Å². The van der Waals surface area contributed by atoms with Crippen molar-refractivity contribution in [3.05, 3.63) is 63.6 Å². The molecule has 4 rings (SSSR count). The van der Waals surface area contributed by atoms with E-state index in [0.29, 0.717) is 6.61 Å². The second-order valence-electron chi connectivity index (χ2n) is 7.18. The van der Waals surface area contributed by atoms with Crippen LogP contribution in [-0.4, -0.2) is 23.9 Å². The number of nitrogens with two attached hydrogens (primary N) is 1. The van der Waals surface area contributed by atoms with Gasteiger partial charge in [-0.3, -0.25) is 9.69 Å². The lowest BCUT2D eigenvalue weighted by molar-refractivity contribution is -0.123. The van der Waals surface area contributed by atoms with Crippen LogP contribution in [0.4, 0.5) is 0 Å². The Morgan fingerprint density at radius 2 is 1.93 bits per heavy atom. The molecular formula is C21H23BrN2O3. The molecule has 0 bridgehead atoms. The Balaban J connectivity index is 1.52. The van der Waals surface area contributed by atoms with Gasteiger partial charge in [0.05, 0.1) is 6.61 Å². The van der Waals surface area contributed by atoms with Gasteiger partial charge in [-0.15, -0.1) is 0 Å². The highest BCUT2D eigenvalue weighted by Crippen LogP contribution is 2.38. The highest BCUT2D eigenvalue weighted by Gasteiger charge is 2.27. The highest BCUT2D eigenvalue weighted by atomic mass is 79.9. The van der Waals surface area contributed by atoms with E-state index in [2.05, 4.69) is 33.0 Å². The largest absolute Gasteiger partial charge is 0.460 e. The number of nitrogens with zero attached hydrogens (tertiary/aromatic N) is 1. The second-order valence-corrected chi connectivity index (χ2v) is 8.09. The number of carbonyl (C=O) groups is 1. The molecule has 2 heterocycles. The summed E-state index contributed by atoms with van der Waals surface area (Å²) >= 11 is 3.60. The van der Waals surface area contributed by atoms with E-state index in [4.69, 9.17) is 15.2 Å². The van der Waals surface area contributed by atoms with Crippen molar-refractivity contribution in [2.75, 3.05) is 13.1 Å². The van der Waals surface area contributed by atoms with Gasteiger partial charge < -0.3 is 15.2 Å². The first kappa shape index (κ1) is 18.5. The average Bonchev–Trinajstić information content (AvgIpc) is 2.69. The third-order valence-electron chi connectivity index (χ3n) is 5.28. The molecule has 27 heavy (non-hydrogen) atoms. The number of hydrogen-bond acceptors (Lipinski definition) is 4. The van der Waals surface area contributed by atoms with Gasteiger partial charge in [-0.25, -0.2) is 0 Å². The van der Waals surface area contributed by atoms with E-state index in [0.717, 1.165) is 59.4 Å². The van der Waals surface area contributed by atoms with Crippen LogP contribution >= 0.6 is 15.9 Å². The van der Waals surface area contributed by atoms with Gasteiger partial charge in [0, 0.05) is 33.6 Å². The minimum Gasteiger partial charge on any atom is -0.460 e. The Kier molecular flexibility index (Phi) is 5.48. The van der Waals surface area contributed by atoms with Crippen LogP contribution in [-0.2, 0) is 22.7 Å². The van der Waals surface area contributed by atoms with Crippen LogP contribution in [0.1, 0.15) is 35.8 Å². The van der Waals surface area contributed by atoms with E-state index in [1.54, 1.807) is 0 Å². The number of primary amides is 1. The van der Waals surface area contributed by atoms with Crippen molar-refractivity contribution in [1.82, 2.24) is 4.90 Å². The van der Waals surface area contributed by atoms with Crippen molar-refractivity contribution in [2.45, 2.75) is 32.3 Å². The topological polar surface area (TPSA) is 64.8 Å². The molecule has 0 radical (unpaired) electrons. The van der Waals surface area contributed by atoms with Crippen LogP contribution in [0.2, 0.25) is 0 Å². The van der Waals surface area contributed by atoms with Crippen molar-refractivity contribution < 1.29 is 14.3 Å². The molecular weight excluding hydrogens is 408 g/mol. The van der Waals surface area contributed by atoms with Crippen LogP contribution < -0.4 is 10.5 Å². The molecule has 0 saturated carbocycles. The number of rotatable bonds is 4. The maximum atomic E-state index is 11.4. The Labute approximate surface area is 167 Å². The third kappa shape index (κ3) is 4.18. The summed E-state index contributed by atoms with van der Waals surface area (Å²) in [7, 11) is 0. The van der Waals surface area contributed by atoms with Crippen molar-refractivity contribution in [3.63, 3.8) is 0 Å². The number of halogens is 1. The van der Waals surface area contributed by atoms with Crippen molar-refractivity contribution in [2.24, 2.45) is 11.7 Å². The molecule has 2 aliphatic heterocycles. The normalized spacial score (nSPS) is 20.7. The Morgan fingerprint density at radius 1 is 1.19 bits per heavy atom. The molecule has 5 nitrogen and oxygen atoms in total. The van der Waals surface area contributed by atoms with E-state index >= 15 is 0 Å². The summed E-state index contributed by atoms with van der Waals surface area (Å²) in [5.41, 5.74) is 8.66. The number of amides is 1. The zero-order chi connectivity index (χ0) is 18.8. The van der Waals surface area contributed by atoms with Crippen molar-refractivity contribution in [1.29, 1.82) is 0 Å². The molecule has 1 amide bonds. The number of ether oxygens (including phenoxy) is 2. The summed E-state index contributed by atoms with van der Waals surface area (Å²) in [6, 6.07) is 14.2. The Hall–Kier alpha value is -1.89. The van der Waals surface area contributed by atoms with Gasteiger partial charge in [0.2, 0.25) is 12.2 Å². The molecule has 2 aromatic rings. The maximum Gasteiger partial charge on any atom is 0.227 e. The summed E-state index contributed by atoms with van der Waals surface area (Å²) < 4.78 is 13.2. The predicted octanol–water partition coefficient (Wildman–Crippen LogP) is 3.75. The predicted molar refractivity (Wildman–Crippen MR) is 106 cm³/mol. The molecule has 2 aliphatic rings. The summed E-state index contributed by atoms with van der Waals surface area (Å²) in [4.78, 5) is 13.7. The molecule has 1 saturated heterocycles. The standard InChI is InChI=1S/C21H23BrN2O3/c22-18-10-16(12-24-8-6-14(7-9-24)20(23)25)19-17(11-18)13-26-21(27-19)15-4-2-1-3-5-15/h1-5,10-11,14,21H,6-9,12-13H2,(H2,23,25)/t21-/m1/s1. The lowest BCUT2D eigenvalue weighted by Gasteiger charge is -2.33. The summed E-state index contributed by atoms with van der Waals surface area (Å²) in [5.74, 6) is 0.737. The lowest BCUT2D eigenvalue weighted by atomic mass is 9.96. The second kappa shape index (κ2) is 8.00. The molecule has 2 N–H and O–H groups in total. The van der Waals surface area contributed by atoms with E-state index in [1.807, 2.05) is 30.3 Å². The summed E-state index contributed by atoms with van der Waals surface area (Å²) in [6.07, 6.45) is 1.25. The molecule has 0 unspecified atom stereocenters. The van der Waals surface area contributed by atoms with E-state index in [1.165, 1.54) is 0 Å². The van der Waals surface area contributed by atoms with Crippen LogP contribution in [0.25, 0.3) is 0 Å². The fraction of sp³-hybridized carbons (Fsp3) is 0.381. The maximum absolute atomic E-state index is 11.4. The van der Waals surface area contributed by atoms with Crippen molar-refractivity contribution >= 4 is 21.8 Å². The van der Waals surface area contributed by atoms with Gasteiger partial charge in [-0.05, 0) is 38.1 Å². The first-order chi connectivity index (χ1) is 13.1. The molecule has 1 fully saturated rings. The van der Waals surface area contributed by atoms with E-state index in [-0.39, 0.29) is 18.1 Å². The van der Waals surface area contributed by atoms with Gasteiger partial charge in [-0.1, -0.05) is 46.3 Å². The Bertz CT molecular complexity index is 820. The zero-order valence-electron chi connectivity index (χ0n) is 15.1. The molecule has 142 valence electrons. The lowest BCUT2D eigenvalue weighted by Crippen LogP contribution is -2.38. The molecule has 6 heteroatoms. The number of carbonyl (C=O) groups excluding carboxylic acids is 1. The summed E-state index contributed by atoms with van der Waals surface area (Å²) in [6.45, 7) is 3.04. The van der Waals surface area contributed by atoms with Gasteiger partial charge in [0.15, 0.2) is 0 Å². The zero-order valence-corrected chi connectivity index (χ0v) is 16.7. The fourth-order valence-electron chi connectivity index (χ4n) is 3.79. The van der Waals surface area contributed by atoms with Gasteiger partial charge in [-0.2, -0.15) is 0 Å². The molecule has 2 aromatic carbocycles. The molecule has 0 aromatic heterocycles. The summed E-state index contributed by atoms with van der Waals surface area (Å²) in [5, 5.41) is 0. The van der Waals surface area contributed by atoms with Crippen LogP contribution in [0.5, 0.6) is 5.75 Å². The van der Waals surface area contributed by atoms with Gasteiger partial charge in [0.25, 0.3) is 0 Å². The monoisotopic (exact) mass is 430 g/mol. The number of piperidine rings is 1. The molecule has 0 spiro atoms. The van der Waals surface area contributed by atoms with Crippen LogP contribution in [0.3, 0.4) is 0 Å². The average molecular weight is 431 g/mol. The van der Waals surface area contributed by atoms with Crippen LogP contribution in [0.15, 0.2) is 46.9 Å². The third-order valence-corrected chi connectivity index (χ3v) is 5.74. The molecule has 1 atom stereocenters.